The molecule has 2 heterocycles. The summed E-state index contributed by atoms with van der Waals surface area (Å²) in [7, 11) is 4.40. The molecule has 2 aliphatic carbocycles. The van der Waals surface area contributed by atoms with Gasteiger partial charge in [-0.3, -0.25) is 29.5 Å². The number of fused-ring (bicyclic) bond motifs is 4. The van der Waals surface area contributed by atoms with E-state index >= 15 is 9.59 Å². The predicted molar refractivity (Wildman–Crippen MR) is 206 cm³/mol. The van der Waals surface area contributed by atoms with E-state index in [1.54, 1.807) is 66.7 Å². The number of carbonyl (C=O) groups is 4. The third-order valence-electron chi connectivity index (χ3n) is 11.5. The molecule has 0 radical (unpaired) electrons. The number of halogens is 3. The third kappa shape index (κ3) is 5.54. The molecule has 2 aliphatic heterocycles. The molecule has 2 saturated heterocycles. The Bertz CT molecular complexity index is 2300. The Hall–Kier alpha value is -5.23. The van der Waals surface area contributed by atoms with Crippen LogP contribution < -0.4 is 24.5 Å². The summed E-state index contributed by atoms with van der Waals surface area (Å²) in [5.41, 5.74) is 3.19. The summed E-state index contributed by atoms with van der Waals surface area (Å²) in [5, 5.41) is 13.9. The van der Waals surface area contributed by atoms with Crippen LogP contribution in [0.5, 0.6) is 23.0 Å². The lowest BCUT2D eigenvalue weighted by Gasteiger charge is -2.50. The van der Waals surface area contributed by atoms with Gasteiger partial charge in [-0.2, -0.15) is 5.01 Å². The number of imide groups is 2. The standard InChI is InChI=1S/C41H34Cl3N3O8/c1-53-24-11-4-20(5-12-24)41-29(38(50)47(40(41)52)45-31-15-8-22(43)16-30(31)44)19-28-26(36(41)35-32(48)17-25(54-2)18-33(35)55-3)13-14-27-34(28)39(51)46(37(27)49)23-9-6-21(42)7-10-23/h4-13,15-18,27-29,34,36,45,48H,14,19H2,1-3H3/t27-,28+,29-,34-,36+,41+/m0/s1. The molecule has 0 bridgehead atoms. The molecular formula is C41H34Cl3N3O8. The summed E-state index contributed by atoms with van der Waals surface area (Å²) in [6, 6.07) is 21.0. The topological polar surface area (TPSA) is 135 Å². The fourth-order valence-corrected chi connectivity index (χ4v) is 9.74. The molecule has 282 valence electrons. The Balaban J connectivity index is 1.37. The molecule has 4 amide bonds. The summed E-state index contributed by atoms with van der Waals surface area (Å²) in [4.78, 5) is 60.4. The van der Waals surface area contributed by atoms with Crippen LogP contribution in [-0.2, 0) is 24.6 Å². The van der Waals surface area contributed by atoms with E-state index in [0.29, 0.717) is 38.4 Å². The van der Waals surface area contributed by atoms with Gasteiger partial charge in [-0.05, 0) is 78.9 Å². The van der Waals surface area contributed by atoms with E-state index < -0.39 is 52.7 Å². The smallest absolute Gasteiger partial charge is 0.260 e. The molecule has 0 unspecified atom stereocenters. The lowest BCUT2D eigenvalue weighted by molar-refractivity contribution is -0.138. The van der Waals surface area contributed by atoms with Crippen molar-refractivity contribution in [2.24, 2.45) is 23.7 Å². The normalized spacial score (nSPS) is 25.6. The number of allylic oxidation sites excluding steroid dienone is 2. The van der Waals surface area contributed by atoms with Gasteiger partial charge in [0.05, 0.1) is 60.9 Å². The average molecular weight is 803 g/mol. The number of nitrogens with zero attached hydrogens (tertiary/aromatic N) is 2. The van der Waals surface area contributed by atoms with E-state index in [0.717, 1.165) is 5.01 Å². The van der Waals surface area contributed by atoms with Crippen LogP contribution >= 0.6 is 34.8 Å². The number of amides is 4. The highest BCUT2D eigenvalue weighted by Gasteiger charge is 2.71. The van der Waals surface area contributed by atoms with Crippen molar-refractivity contribution in [3.05, 3.63) is 117 Å². The maximum absolute atomic E-state index is 15.5. The van der Waals surface area contributed by atoms with Gasteiger partial charge in [-0.1, -0.05) is 58.6 Å². The Labute approximate surface area is 331 Å². The first kappa shape index (κ1) is 36.7. The van der Waals surface area contributed by atoms with Gasteiger partial charge in [0, 0.05) is 33.7 Å². The molecule has 8 rings (SSSR count). The number of hydrazine groups is 1. The molecule has 11 nitrogen and oxygen atoms in total. The van der Waals surface area contributed by atoms with Gasteiger partial charge in [0.2, 0.25) is 11.8 Å². The number of aromatic hydroxyl groups is 1. The molecule has 4 aliphatic rings. The van der Waals surface area contributed by atoms with Gasteiger partial charge in [0.1, 0.15) is 23.0 Å². The summed E-state index contributed by atoms with van der Waals surface area (Å²) >= 11 is 18.9. The van der Waals surface area contributed by atoms with Crippen molar-refractivity contribution in [3.8, 4) is 23.0 Å². The van der Waals surface area contributed by atoms with Gasteiger partial charge in [-0.25, -0.2) is 0 Å². The van der Waals surface area contributed by atoms with Crippen molar-refractivity contribution in [1.29, 1.82) is 0 Å². The Morgan fingerprint density at radius 3 is 2.11 bits per heavy atom. The van der Waals surface area contributed by atoms with E-state index in [-0.39, 0.29) is 46.5 Å². The Kier molecular flexibility index (Phi) is 9.22. The highest BCUT2D eigenvalue weighted by atomic mass is 35.5. The molecule has 6 atom stereocenters. The first-order valence-electron chi connectivity index (χ1n) is 17.5. The van der Waals surface area contributed by atoms with Crippen LogP contribution in [0.2, 0.25) is 15.1 Å². The zero-order chi connectivity index (χ0) is 38.9. The number of nitrogens with one attached hydrogen (secondary N) is 1. The summed E-state index contributed by atoms with van der Waals surface area (Å²) in [5.74, 6) is -5.74. The minimum absolute atomic E-state index is 0.0271. The number of ether oxygens (including phenoxy) is 3. The maximum atomic E-state index is 15.5. The second kappa shape index (κ2) is 13.8. The van der Waals surface area contributed by atoms with Crippen LogP contribution in [-0.4, -0.2) is 55.1 Å². The Morgan fingerprint density at radius 1 is 0.764 bits per heavy atom. The molecule has 1 saturated carbocycles. The molecule has 55 heavy (non-hydrogen) atoms. The van der Waals surface area contributed by atoms with Crippen LogP contribution in [0.3, 0.4) is 0 Å². The molecule has 14 heteroatoms. The van der Waals surface area contributed by atoms with Crippen LogP contribution in [0, 0.1) is 23.7 Å². The molecule has 0 spiro atoms. The summed E-state index contributed by atoms with van der Waals surface area (Å²) in [6.45, 7) is 0. The van der Waals surface area contributed by atoms with E-state index in [9.17, 15) is 14.7 Å². The summed E-state index contributed by atoms with van der Waals surface area (Å²) in [6.07, 6.45) is 2.09. The number of phenolic OH excluding ortho intramolecular Hbond substituents is 1. The minimum atomic E-state index is -1.72. The van der Waals surface area contributed by atoms with Gasteiger partial charge in [0.15, 0.2) is 0 Å². The van der Waals surface area contributed by atoms with Crippen LogP contribution in [0.15, 0.2) is 90.5 Å². The zero-order valence-corrected chi connectivity index (χ0v) is 32.0. The van der Waals surface area contributed by atoms with Crippen LogP contribution in [0.25, 0.3) is 0 Å². The number of rotatable bonds is 8. The lowest BCUT2D eigenvalue weighted by Crippen LogP contribution is -2.53. The highest BCUT2D eigenvalue weighted by Crippen LogP contribution is 2.66. The second-order valence-electron chi connectivity index (χ2n) is 14.0. The Morgan fingerprint density at radius 2 is 1.45 bits per heavy atom. The molecule has 4 aromatic carbocycles. The third-order valence-corrected chi connectivity index (χ3v) is 12.3. The van der Waals surface area contributed by atoms with E-state index in [2.05, 4.69) is 5.43 Å². The van der Waals surface area contributed by atoms with Crippen LogP contribution in [0.1, 0.15) is 29.9 Å². The van der Waals surface area contributed by atoms with Crippen molar-refractivity contribution in [1.82, 2.24) is 5.01 Å². The summed E-state index contributed by atoms with van der Waals surface area (Å²) < 4.78 is 16.8. The number of benzene rings is 4. The van der Waals surface area contributed by atoms with Crippen LogP contribution in [0.4, 0.5) is 11.4 Å². The van der Waals surface area contributed by atoms with Gasteiger partial charge < -0.3 is 19.3 Å². The monoisotopic (exact) mass is 801 g/mol. The van der Waals surface area contributed by atoms with Gasteiger partial charge in [-0.15, -0.1) is 0 Å². The number of anilines is 2. The highest BCUT2D eigenvalue weighted by molar-refractivity contribution is 6.36. The van der Waals surface area contributed by atoms with Gasteiger partial charge in [0.25, 0.3) is 11.8 Å². The first-order valence-corrected chi connectivity index (χ1v) is 18.6. The molecular weight excluding hydrogens is 769 g/mol. The number of phenols is 1. The largest absolute Gasteiger partial charge is 0.507 e. The quantitative estimate of drug-likeness (QED) is 0.137. The van der Waals surface area contributed by atoms with E-state index in [1.165, 1.54) is 38.4 Å². The fourth-order valence-electron chi connectivity index (χ4n) is 9.17. The molecule has 0 aromatic heterocycles. The van der Waals surface area contributed by atoms with Crippen molar-refractivity contribution in [2.75, 3.05) is 31.7 Å². The van der Waals surface area contributed by atoms with Gasteiger partial charge >= 0.3 is 0 Å². The van der Waals surface area contributed by atoms with Crippen molar-refractivity contribution in [3.63, 3.8) is 0 Å². The number of methoxy groups -OCH3 is 3. The maximum Gasteiger partial charge on any atom is 0.260 e. The van der Waals surface area contributed by atoms with Crippen molar-refractivity contribution in [2.45, 2.75) is 24.2 Å². The molecule has 4 aromatic rings. The van der Waals surface area contributed by atoms with E-state index in [4.69, 9.17) is 49.0 Å². The first-order chi connectivity index (χ1) is 26.4. The lowest BCUT2D eigenvalue weighted by atomic mass is 9.49. The second-order valence-corrected chi connectivity index (χ2v) is 15.2. The zero-order valence-electron chi connectivity index (χ0n) is 29.7. The predicted octanol–water partition coefficient (Wildman–Crippen LogP) is 7.57. The van der Waals surface area contributed by atoms with Crippen molar-refractivity contribution < 1.29 is 38.5 Å². The number of hydrogen-bond donors (Lipinski definition) is 2. The van der Waals surface area contributed by atoms with E-state index in [1.807, 2.05) is 6.08 Å². The molecule has 2 N–H and O–H groups in total. The average Bonchev–Trinajstić information content (AvgIpc) is 3.56. The minimum Gasteiger partial charge on any atom is -0.507 e. The fraction of sp³-hybridized carbons (Fsp3) is 0.268. The SMILES string of the molecule is COc1ccc([C@@]23C(=O)N(Nc4ccc(Cl)cc4Cl)C(=O)[C@@H]2C[C@@H]2C(=CC[C@@H]4C(=O)N(c5ccc(Cl)cc5)C(=O)[C@@H]42)[C@@H]3c2c(O)cc(OC)cc2OC)cc1. The number of hydrogen-bond acceptors (Lipinski definition) is 9. The number of carbonyl (C=O) groups excluding carboxylic acids is 4. The molecule has 3 fully saturated rings. The van der Waals surface area contributed by atoms with Crippen molar-refractivity contribution >= 4 is 69.8 Å².